The van der Waals surface area contributed by atoms with Crippen molar-refractivity contribution in [3.63, 3.8) is 0 Å². The van der Waals surface area contributed by atoms with Gasteiger partial charge < -0.3 is 15.2 Å². The smallest absolute Gasteiger partial charge is 0.328 e. The van der Waals surface area contributed by atoms with Crippen LogP contribution in [-0.4, -0.2) is 52.7 Å². The van der Waals surface area contributed by atoms with Crippen LogP contribution >= 0.6 is 0 Å². The number of carbonyl (C=O) groups excluding carboxylic acids is 1. The Balaban J connectivity index is 1.90. The largest absolute Gasteiger partial charge is 0.478 e. The van der Waals surface area contributed by atoms with Crippen LogP contribution in [0.3, 0.4) is 0 Å². The molecule has 0 aromatic carbocycles. The second kappa shape index (κ2) is 5.63. The zero-order valence-electron chi connectivity index (χ0n) is 11.3. The number of hydrogen-bond acceptors (Lipinski definition) is 5. The van der Waals surface area contributed by atoms with Crippen molar-refractivity contribution >= 4 is 23.8 Å². The SMILES string of the molecule is O=C(O)C=Cc1cnc2c(c1)CN1CCOCC1C(=O)N2. The van der Waals surface area contributed by atoms with E-state index in [9.17, 15) is 9.59 Å². The molecule has 1 aromatic heterocycles. The van der Waals surface area contributed by atoms with Gasteiger partial charge in [0.25, 0.3) is 0 Å². The molecule has 0 spiro atoms. The number of hydrogen-bond donors (Lipinski definition) is 2. The highest BCUT2D eigenvalue weighted by molar-refractivity contribution is 5.95. The van der Waals surface area contributed by atoms with E-state index in [4.69, 9.17) is 9.84 Å². The van der Waals surface area contributed by atoms with Gasteiger partial charge in [-0.1, -0.05) is 0 Å². The van der Waals surface area contributed by atoms with Gasteiger partial charge in [-0.25, -0.2) is 9.78 Å². The standard InChI is InChI=1S/C14H15N3O4/c18-12(19)2-1-9-5-10-7-17-3-4-21-8-11(17)14(20)16-13(10)15-6-9/h1-2,5-6,11H,3-4,7-8H2,(H,18,19)(H,15,16,20). The maximum atomic E-state index is 12.1. The normalized spacial score (nSPS) is 22.3. The van der Waals surface area contributed by atoms with Gasteiger partial charge in [-0.15, -0.1) is 0 Å². The predicted octanol–water partition coefficient (Wildman–Crippen LogP) is 0.332. The van der Waals surface area contributed by atoms with Gasteiger partial charge in [-0.2, -0.15) is 0 Å². The highest BCUT2D eigenvalue weighted by atomic mass is 16.5. The van der Waals surface area contributed by atoms with E-state index in [0.717, 1.165) is 11.6 Å². The van der Waals surface area contributed by atoms with E-state index < -0.39 is 5.97 Å². The lowest BCUT2D eigenvalue weighted by atomic mass is 10.1. The third kappa shape index (κ3) is 2.93. The molecule has 0 saturated carbocycles. The molecule has 2 aliphatic heterocycles. The van der Waals surface area contributed by atoms with E-state index in [1.54, 1.807) is 6.20 Å². The second-order valence-corrected chi connectivity index (χ2v) is 5.00. The van der Waals surface area contributed by atoms with Crippen LogP contribution in [0.2, 0.25) is 0 Å². The predicted molar refractivity (Wildman–Crippen MR) is 74.6 cm³/mol. The van der Waals surface area contributed by atoms with Crippen LogP contribution in [0.4, 0.5) is 5.82 Å². The number of amides is 1. The lowest BCUT2D eigenvalue weighted by Gasteiger charge is -2.32. The van der Waals surface area contributed by atoms with Crippen LogP contribution < -0.4 is 5.32 Å². The molecule has 1 atom stereocenters. The van der Waals surface area contributed by atoms with Gasteiger partial charge in [0.15, 0.2) is 0 Å². The Labute approximate surface area is 121 Å². The molecule has 0 radical (unpaired) electrons. The van der Waals surface area contributed by atoms with Crippen molar-refractivity contribution in [2.24, 2.45) is 0 Å². The summed E-state index contributed by atoms with van der Waals surface area (Å²) in [7, 11) is 0. The lowest BCUT2D eigenvalue weighted by Crippen LogP contribution is -2.49. The Morgan fingerprint density at radius 3 is 3.24 bits per heavy atom. The van der Waals surface area contributed by atoms with Gasteiger partial charge >= 0.3 is 5.97 Å². The Hall–Kier alpha value is -2.25. The average molecular weight is 289 g/mol. The number of rotatable bonds is 2. The molecule has 2 aliphatic rings. The molecule has 0 aliphatic carbocycles. The number of anilines is 1. The van der Waals surface area contributed by atoms with Crippen molar-refractivity contribution in [1.29, 1.82) is 0 Å². The average Bonchev–Trinajstić information content (AvgIpc) is 2.61. The number of aromatic nitrogens is 1. The molecule has 110 valence electrons. The van der Waals surface area contributed by atoms with Gasteiger partial charge in [0.1, 0.15) is 11.9 Å². The first-order chi connectivity index (χ1) is 10.1. The fourth-order valence-electron chi connectivity index (χ4n) is 2.51. The molecule has 1 aromatic rings. The maximum Gasteiger partial charge on any atom is 0.328 e. The number of ether oxygens (including phenoxy) is 1. The summed E-state index contributed by atoms with van der Waals surface area (Å²) in [6.07, 6.45) is 4.09. The number of fused-ring (bicyclic) bond motifs is 2. The number of nitrogens with one attached hydrogen (secondary N) is 1. The van der Waals surface area contributed by atoms with Gasteiger partial charge in [-0.05, 0) is 17.7 Å². The van der Waals surface area contributed by atoms with Gasteiger partial charge in [0, 0.05) is 30.9 Å². The van der Waals surface area contributed by atoms with E-state index >= 15 is 0 Å². The topological polar surface area (TPSA) is 91.8 Å². The highest BCUT2D eigenvalue weighted by Gasteiger charge is 2.33. The molecule has 3 heterocycles. The minimum absolute atomic E-state index is 0.116. The molecule has 3 rings (SSSR count). The molecule has 7 heteroatoms. The first-order valence-electron chi connectivity index (χ1n) is 6.66. The van der Waals surface area contributed by atoms with E-state index in [0.29, 0.717) is 37.7 Å². The first-order valence-corrected chi connectivity index (χ1v) is 6.66. The van der Waals surface area contributed by atoms with Crippen LogP contribution in [0.5, 0.6) is 0 Å². The summed E-state index contributed by atoms with van der Waals surface area (Å²) >= 11 is 0. The lowest BCUT2D eigenvalue weighted by molar-refractivity contribution is -0.131. The summed E-state index contributed by atoms with van der Waals surface area (Å²) in [4.78, 5) is 29.0. The molecule has 1 fully saturated rings. The molecular weight excluding hydrogens is 274 g/mol. The monoisotopic (exact) mass is 289 g/mol. The summed E-state index contributed by atoms with van der Waals surface area (Å²) in [5.41, 5.74) is 1.57. The first kappa shape index (κ1) is 13.7. The number of aliphatic carboxylic acids is 1. The minimum atomic E-state index is -1.01. The number of carbonyl (C=O) groups is 2. The molecule has 1 saturated heterocycles. The molecule has 1 unspecified atom stereocenters. The number of carboxylic acids is 1. The van der Waals surface area contributed by atoms with Crippen molar-refractivity contribution in [2.45, 2.75) is 12.6 Å². The van der Waals surface area contributed by atoms with Crippen molar-refractivity contribution in [2.75, 3.05) is 25.1 Å². The summed E-state index contributed by atoms with van der Waals surface area (Å²) in [5, 5.41) is 11.5. The number of pyridine rings is 1. The van der Waals surface area contributed by atoms with E-state index in [2.05, 4.69) is 15.2 Å². The third-order valence-electron chi connectivity index (χ3n) is 3.56. The summed E-state index contributed by atoms with van der Waals surface area (Å²) in [6, 6.07) is 1.55. The minimum Gasteiger partial charge on any atom is -0.478 e. The zero-order chi connectivity index (χ0) is 14.8. The van der Waals surface area contributed by atoms with Crippen LogP contribution in [-0.2, 0) is 20.9 Å². The van der Waals surface area contributed by atoms with E-state index in [-0.39, 0.29) is 11.9 Å². The van der Waals surface area contributed by atoms with Crippen LogP contribution in [0, 0.1) is 0 Å². The quantitative estimate of drug-likeness (QED) is 0.762. The third-order valence-corrected chi connectivity index (χ3v) is 3.56. The Kier molecular flexibility index (Phi) is 3.68. The highest BCUT2D eigenvalue weighted by Crippen LogP contribution is 2.24. The van der Waals surface area contributed by atoms with Crippen molar-refractivity contribution in [3.05, 3.63) is 29.5 Å². The van der Waals surface area contributed by atoms with Crippen molar-refractivity contribution < 1.29 is 19.4 Å². The summed E-state index contributed by atoms with van der Waals surface area (Å²) < 4.78 is 5.35. The Morgan fingerprint density at radius 2 is 2.43 bits per heavy atom. The molecule has 2 N–H and O–H groups in total. The zero-order valence-corrected chi connectivity index (χ0v) is 11.3. The van der Waals surface area contributed by atoms with Crippen molar-refractivity contribution in [1.82, 2.24) is 9.88 Å². The van der Waals surface area contributed by atoms with Crippen LogP contribution in [0.1, 0.15) is 11.1 Å². The Bertz CT molecular complexity index is 614. The summed E-state index contributed by atoms with van der Waals surface area (Å²) in [5.74, 6) is -0.594. The maximum absolute atomic E-state index is 12.1. The molecule has 21 heavy (non-hydrogen) atoms. The molecule has 1 amide bonds. The second-order valence-electron chi connectivity index (χ2n) is 5.00. The number of nitrogens with zero attached hydrogens (tertiary/aromatic N) is 2. The molecular formula is C14H15N3O4. The molecule has 7 nitrogen and oxygen atoms in total. The van der Waals surface area contributed by atoms with Gasteiger partial charge in [0.05, 0.1) is 13.2 Å². The van der Waals surface area contributed by atoms with E-state index in [1.165, 1.54) is 6.08 Å². The summed E-state index contributed by atoms with van der Waals surface area (Å²) in [6.45, 7) is 2.26. The van der Waals surface area contributed by atoms with Gasteiger partial charge in [0.2, 0.25) is 5.91 Å². The number of carboxylic acid groups (broad SMARTS) is 1. The fourth-order valence-corrected chi connectivity index (χ4v) is 2.51. The van der Waals surface area contributed by atoms with Crippen LogP contribution in [0.25, 0.3) is 6.08 Å². The van der Waals surface area contributed by atoms with Crippen molar-refractivity contribution in [3.8, 4) is 0 Å². The molecule has 0 bridgehead atoms. The van der Waals surface area contributed by atoms with Gasteiger partial charge in [-0.3, -0.25) is 9.69 Å². The number of morpholine rings is 1. The fraction of sp³-hybridized carbons (Fsp3) is 0.357. The van der Waals surface area contributed by atoms with E-state index in [1.807, 2.05) is 6.07 Å². The van der Waals surface area contributed by atoms with Crippen LogP contribution in [0.15, 0.2) is 18.3 Å². The Morgan fingerprint density at radius 1 is 1.57 bits per heavy atom.